The Labute approximate surface area is 99.0 Å². The van der Waals surface area contributed by atoms with Gasteiger partial charge in [-0.15, -0.1) is 0 Å². The summed E-state index contributed by atoms with van der Waals surface area (Å²) in [7, 11) is 0.830. The Morgan fingerprint density at radius 1 is 1.33 bits per heavy atom. The van der Waals surface area contributed by atoms with Gasteiger partial charge in [-0.2, -0.15) is 13.2 Å². The molecule has 1 aromatic rings. The Morgan fingerprint density at radius 2 is 1.89 bits per heavy atom. The van der Waals surface area contributed by atoms with Gasteiger partial charge in [0.1, 0.15) is 12.4 Å². The van der Waals surface area contributed by atoms with Gasteiger partial charge in [0.15, 0.2) is 5.82 Å². The Morgan fingerprint density at radius 3 is 2.39 bits per heavy atom. The maximum absolute atomic E-state index is 13.4. The number of halogens is 5. The van der Waals surface area contributed by atoms with Crippen molar-refractivity contribution in [3.63, 3.8) is 0 Å². The second-order valence-corrected chi connectivity index (χ2v) is 3.63. The van der Waals surface area contributed by atoms with Crippen LogP contribution in [0, 0.1) is 11.6 Å². The van der Waals surface area contributed by atoms with E-state index in [4.69, 9.17) is 5.73 Å². The van der Waals surface area contributed by atoms with E-state index < -0.39 is 41.5 Å². The van der Waals surface area contributed by atoms with Crippen LogP contribution in [-0.2, 0) is 0 Å². The highest BCUT2D eigenvalue weighted by molar-refractivity contribution is 5.95. The highest BCUT2D eigenvalue weighted by atomic mass is 19.4. The molecule has 0 bridgehead atoms. The number of hydrogen-bond donors (Lipinski definition) is 1. The van der Waals surface area contributed by atoms with E-state index in [-0.39, 0.29) is 4.90 Å². The fourth-order valence-electron chi connectivity index (χ4n) is 1.31. The third kappa shape index (κ3) is 3.31. The van der Waals surface area contributed by atoms with Crippen LogP contribution >= 0.6 is 0 Å². The molecule has 1 rings (SSSR count). The number of carbonyl (C=O) groups excluding carboxylic acids is 1. The lowest BCUT2D eigenvalue weighted by Gasteiger charge is -2.19. The van der Waals surface area contributed by atoms with Crippen molar-refractivity contribution < 1.29 is 26.7 Å². The topological polar surface area (TPSA) is 46.3 Å². The van der Waals surface area contributed by atoms with E-state index in [1.165, 1.54) is 0 Å². The summed E-state index contributed by atoms with van der Waals surface area (Å²) in [5, 5.41) is 0. The van der Waals surface area contributed by atoms with Crippen molar-refractivity contribution in [3.8, 4) is 0 Å². The van der Waals surface area contributed by atoms with Crippen molar-refractivity contribution in [2.75, 3.05) is 19.3 Å². The van der Waals surface area contributed by atoms with Crippen LogP contribution in [0.5, 0.6) is 0 Å². The summed E-state index contributed by atoms with van der Waals surface area (Å²) >= 11 is 0. The number of alkyl halides is 3. The van der Waals surface area contributed by atoms with E-state index in [0.717, 1.165) is 7.05 Å². The number of hydrogen-bond acceptors (Lipinski definition) is 2. The summed E-state index contributed by atoms with van der Waals surface area (Å²) in [6, 6.07) is 1.14. The number of benzene rings is 1. The number of rotatable bonds is 2. The van der Waals surface area contributed by atoms with Gasteiger partial charge in [-0.25, -0.2) is 8.78 Å². The first kappa shape index (κ1) is 14.2. The lowest BCUT2D eigenvalue weighted by molar-refractivity contribution is -0.138. The molecule has 2 N–H and O–H groups in total. The molecular formula is C10H9F5N2O. The Kier molecular flexibility index (Phi) is 3.78. The number of amides is 1. The van der Waals surface area contributed by atoms with Gasteiger partial charge >= 0.3 is 6.18 Å². The van der Waals surface area contributed by atoms with Crippen molar-refractivity contribution in [1.82, 2.24) is 4.90 Å². The van der Waals surface area contributed by atoms with Crippen LogP contribution in [0.1, 0.15) is 10.4 Å². The van der Waals surface area contributed by atoms with Gasteiger partial charge in [0.05, 0.1) is 11.3 Å². The molecule has 100 valence electrons. The quantitative estimate of drug-likeness (QED) is 0.660. The molecule has 18 heavy (non-hydrogen) atoms. The monoisotopic (exact) mass is 268 g/mol. The second kappa shape index (κ2) is 4.79. The smallest absolute Gasteiger partial charge is 0.396 e. The van der Waals surface area contributed by atoms with Crippen LogP contribution in [0.2, 0.25) is 0 Å². The fourth-order valence-corrected chi connectivity index (χ4v) is 1.31. The summed E-state index contributed by atoms with van der Waals surface area (Å²) < 4.78 is 62.5. The third-order valence-corrected chi connectivity index (χ3v) is 2.06. The average Bonchev–Trinajstić information content (AvgIpc) is 2.19. The molecule has 8 heteroatoms. The largest absolute Gasteiger partial charge is 0.406 e. The Balaban J connectivity index is 3.04. The minimum absolute atomic E-state index is 0.233. The lowest BCUT2D eigenvalue weighted by Crippen LogP contribution is -2.36. The first-order chi connectivity index (χ1) is 8.11. The standard InChI is InChI=1S/C10H9F5N2O/c1-17(4-10(13,14)15)9(18)6-2-5(11)3-7(16)8(6)12/h2-3H,4,16H2,1H3. The highest BCUT2D eigenvalue weighted by Crippen LogP contribution is 2.21. The van der Waals surface area contributed by atoms with Gasteiger partial charge in [-0.3, -0.25) is 4.79 Å². The van der Waals surface area contributed by atoms with Crippen molar-refractivity contribution in [1.29, 1.82) is 0 Å². The summed E-state index contributed by atoms with van der Waals surface area (Å²) in [6.07, 6.45) is -4.63. The third-order valence-electron chi connectivity index (χ3n) is 2.06. The minimum Gasteiger partial charge on any atom is -0.396 e. The van der Waals surface area contributed by atoms with Crippen LogP contribution in [0.15, 0.2) is 12.1 Å². The van der Waals surface area contributed by atoms with Gasteiger partial charge in [0.2, 0.25) is 0 Å². The molecule has 0 saturated heterocycles. The normalized spacial score (nSPS) is 11.4. The number of nitrogens with zero attached hydrogens (tertiary/aromatic N) is 1. The van der Waals surface area contributed by atoms with Crippen molar-refractivity contribution in [3.05, 3.63) is 29.3 Å². The van der Waals surface area contributed by atoms with E-state index in [2.05, 4.69) is 0 Å². The van der Waals surface area contributed by atoms with E-state index in [1.807, 2.05) is 0 Å². The van der Waals surface area contributed by atoms with Crippen LogP contribution in [0.4, 0.5) is 27.6 Å². The lowest BCUT2D eigenvalue weighted by atomic mass is 10.1. The van der Waals surface area contributed by atoms with Crippen LogP contribution < -0.4 is 5.73 Å². The van der Waals surface area contributed by atoms with Gasteiger partial charge < -0.3 is 10.6 Å². The number of nitrogens with two attached hydrogens (primary N) is 1. The molecule has 0 aliphatic heterocycles. The van der Waals surface area contributed by atoms with Gasteiger partial charge in [-0.1, -0.05) is 0 Å². The summed E-state index contributed by atoms with van der Waals surface area (Å²) in [4.78, 5) is 11.7. The van der Waals surface area contributed by atoms with Gasteiger partial charge in [-0.05, 0) is 12.1 Å². The Bertz CT molecular complexity index is 472. The molecule has 0 saturated carbocycles. The van der Waals surface area contributed by atoms with Crippen molar-refractivity contribution in [2.24, 2.45) is 0 Å². The molecule has 0 unspecified atom stereocenters. The minimum atomic E-state index is -4.63. The van der Waals surface area contributed by atoms with Crippen molar-refractivity contribution >= 4 is 11.6 Å². The van der Waals surface area contributed by atoms with Crippen LogP contribution in [0.25, 0.3) is 0 Å². The van der Waals surface area contributed by atoms with E-state index in [9.17, 15) is 26.7 Å². The predicted octanol–water partition coefficient (Wildman–Crippen LogP) is 2.18. The maximum atomic E-state index is 13.4. The molecule has 0 spiro atoms. The van der Waals surface area contributed by atoms with E-state index in [0.29, 0.717) is 12.1 Å². The van der Waals surface area contributed by atoms with Gasteiger partial charge in [0, 0.05) is 7.05 Å². The fraction of sp³-hybridized carbons (Fsp3) is 0.300. The SMILES string of the molecule is CN(CC(F)(F)F)C(=O)c1cc(F)cc(N)c1F. The summed E-state index contributed by atoms with van der Waals surface area (Å²) in [5.74, 6) is -3.54. The molecule has 1 amide bonds. The number of carbonyl (C=O) groups is 1. The molecule has 0 aromatic heterocycles. The first-order valence-electron chi connectivity index (χ1n) is 4.68. The summed E-state index contributed by atoms with van der Waals surface area (Å²) in [5.41, 5.74) is 3.60. The van der Waals surface area contributed by atoms with E-state index in [1.54, 1.807) is 0 Å². The van der Waals surface area contributed by atoms with Crippen LogP contribution in [-0.4, -0.2) is 30.6 Å². The average molecular weight is 268 g/mol. The van der Waals surface area contributed by atoms with Gasteiger partial charge in [0.25, 0.3) is 5.91 Å². The molecule has 3 nitrogen and oxygen atoms in total. The molecule has 0 aliphatic rings. The zero-order valence-corrected chi connectivity index (χ0v) is 9.18. The second-order valence-electron chi connectivity index (χ2n) is 3.63. The molecule has 0 heterocycles. The molecule has 0 radical (unpaired) electrons. The zero-order valence-electron chi connectivity index (χ0n) is 9.18. The predicted molar refractivity (Wildman–Crippen MR) is 53.8 cm³/mol. The summed E-state index contributed by atoms with van der Waals surface area (Å²) in [6.45, 7) is -1.57. The maximum Gasteiger partial charge on any atom is 0.406 e. The number of anilines is 1. The van der Waals surface area contributed by atoms with E-state index >= 15 is 0 Å². The molecule has 0 atom stereocenters. The Hall–Kier alpha value is -1.86. The molecule has 0 fully saturated rings. The first-order valence-corrected chi connectivity index (χ1v) is 4.68. The highest BCUT2D eigenvalue weighted by Gasteiger charge is 2.32. The zero-order chi connectivity index (χ0) is 14.1. The van der Waals surface area contributed by atoms with Crippen molar-refractivity contribution in [2.45, 2.75) is 6.18 Å². The van der Waals surface area contributed by atoms with Crippen LogP contribution in [0.3, 0.4) is 0 Å². The molecule has 1 aromatic carbocycles. The number of nitrogen functional groups attached to an aromatic ring is 1. The molecule has 0 aliphatic carbocycles. The molecular weight excluding hydrogens is 259 g/mol.